The van der Waals surface area contributed by atoms with Crippen molar-refractivity contribution in [1.29, 1.82) is 5.26 Å². The molecule has 0 unspecified atom stereocenters. The van der Waals surface area contributed by atoms with Crippen molar-refractivity contribution in [2.24, 2.45) is 0 Å². The van der Waals surface area contributed by atoms with E-state index >= 15 is 0 Å². The van der Waals surface area contributed by atoms with Crippen molar-refractivity contribution in [1.82, 2.24) is 4.98 Å². The SMILES string of the molecule is CCOC(=O)c1c(C)[nH]c(C)c1C(=O)/C(C#N)=C/c1ccc(OCC)cc1. The number of carbonyl (C=O) groups excluding carboxylic acids is 2. The number of aryl methyl sites for hydroxylation is 2. The molecule has 1 aromatic heterocycles. The second-order valence-corrected chi connectivity index (χ2v) is 5.85. The van der Waals surface area contributed by atoms with E-state index in [0.717, 1.165) is 0 Å². The molecular weight excluding hydrogens is 344 g/mol. The summed E-state index contributed by atoms with van der Waals surface area (Å²) in [5.74, 6) is -0.390. The van der Waals surface area contributed by atoms with Crippen LogP contribution in [0.2, 0.25) is 0 Å². The fraction of sp³-hybridized carbons (Fsp3) is 0.286. The van der Waals surface area contributed by atoms with Crippen LogP contribution in [0.1, 0.15) is 51.5 Å². The second-order valence-electron chi connectivity index (χ2n) is 5.85. The van der Waals surface area contributed by atoms with Gasteiger partial charge in [-0.05, 0) is 51.5 Å². The van der Waals surface area contributed by atoms with Gasteiger partial charge in [0.2, 0.25) is 5.78 Å². The van der Waals surface area contributed by atoms with Gasteiger partial charge in [0.1, 0.15) is 17.4 Å². The maximum Gasteiger partial charge on any atom is 0.340 e. The third-order valence-electron chi connectivity index (χ3n) is 3.95. The zero-order chi connectivity index (χ0) is 20.0. The van der Waals surface area contributed by atoms with Crippen molar-refractivity contribution in [3.63, 3.8) is 0 Å². The minimum absolute atomic E-state index is 0.0631. The standard InChI is InChI=1S/C21H22N2O4/c1-5-26-17-9-7-15(8-10-17)11-16(12-22)20(24)18-13(3)23-14(4)19(18)21(25)27-6-2/h7-11,23H,5-6H2,1-4H3/b16-11+. The first-order valence-corrected chi connectivity index (χ1v) is 8.68. The van der Waals surface area contributed by atoms with Crippen LogP contribution in [0.3, 0.4) is 0 Å². The maximum atomic E-state index is 13.0. The van der Waals surface area contributed by atoms with E-state index in [1.807, 2.05) is 13.0 Å². The van der Waals surface area contributed by atoms with Crippen LogP contribution in [0.25, 0.3) is 6.08 Å². The molecule has 0 spiro atoms. The fourth-order valence-electron chi connectivity index (χ4n) is 2.80. The van der Waals surface area contributed by atoms with E-state index in [1.54, 1.807) is 45.0 Å². The number of hydrogen-bond donors (Lipinski definition) is 1. The molecule has 140 valence electrons. The minimum atomic E-state index is -0.582. The van der Waals surface area contributed by atoms with Gasteiger partial charge in [0.15, 0.2) is 0 Å². The molecule has 0 saturated heterocycles. The molecule has 0 saturated carbocycles. The Morgan fingerprint density at radius 3 is 2.26 bits per heavy atom. The summed E-state index contributed by atoms with van der Waals surface area (Å²) in [5.41, 5.74) is 2.02. The number of carbonyl (C=O) groups is 2. The molecule has 0 aliphatic carbocycles. The summed E-state index contributed by atoms with van der Waals surface area (Å²) in [6.07, 6.45) is 1.49. The molecule has 27 heavy (non-hydrogen) atoms. The maximum absolute atomic E-state index is 13.0. The summed E-state index contributed by atoms with van der Waals surface area (Å²) in [4.78, 5) is 28.2. The number of esters is 1. The molecule has 0 aliphatic heterocycles. The summed E-state index contributed by atoms with van der Waals surface area (Å²) in [6, 6.07) is 9.00. The summed E-state index contributed by atoms with van der Waals surface area (Å²) < 4.78 is 10.4. The van der Waals surface area contributed by atoms with E-state index in [2.05, 4.69) is 4.98 Å². The number of aromatic nitrogens is 1. The normalized spacial score (nSPS) is 11.0. The van der Waals surface area contributed by atoms with Crippen LogP contribution in [0.4, 0.5) is 0 Å². The molecule has 0 fully saturated rings. The molecule has 1 N–H and O–H groups in total. The Morgan fingerprint density at radius 2 is 1.70 bits per heavy atom. The molecule has 6 heteroatoms. The van der Waals surface area contributed by atoms with E-state index in [1.165, 1.54) is 6.08 Å². The molecule has 0 bridgehead atoms. The lowest BCUT2D eigenvalue weighted by Crippen LogP contribution is -2.13. The highest BCUT2D eigenvalue weighted by Gasteiger charge is 2.27. The van der Waals surface area contributed by atoms with Crippen LogP contribution in [0.5, 0.6) is 5.75 Å². The molecule has 2 rings (SSSR count). The largest absolute Gasteiger partial charge is 0.494 e. The smallest absolute Gasteiger partial charge is 0.340 e. The van der Waals surface area contributed by atoms with Crippen molar-refractivity contribution in [2.75, 3.05) is 13.2 Å². The Bertz CT molecular complexity index is 915. The van der Waals surface area contributed by atoms with Crippen molar-refractivity contribution in [2.45, 2.75) is 27.7 Å². The van der Waals surface area contributed by atoms with Crippen LogP contribution in [-0.4, -0.2) is 30.0 Å². The average Bonchev–Trinajstić information content (AvgIpc) is 2.95. The highest BCUT2D eigenvalue weighted by molar-refractivity contribution is 6.19. The van der Waals surface area contributed by atoms with Crippen LogP contribution in [0, 0.1) is 25.2 Å². The Hall–Kier alpha value is -3.33. The number of benzene rings is 1. The number of rotatable bonds is 7. The van der Waals surface area contributed by atoms with Gasteiger partial charge < -0.3 is 14.5 Å². The molecule has 1 heterocycles. The Kier molecular flexibility index (Phi) is 6.56. The molecule has 0 atom stereocenters. The monoisotopic (exact) mass is 366 g/mol. The number of aromatic amines is 1. The Morgan fingerprint density at radius 1 is 1.07 bits per heavy atom. The predicted molar refractivity (Wildman–Crippen MR) is 102 cm³/mol. The zero-order valence-electron chi connectivity index (χ0n) is 15.9. The predicted octanol–water partition coefficient (Wildman–Crippen LogP) is 4.00. The topological polar surface area (TPSA) is 92.2 Å². The van der Waals surface area contributed by atoms with Crippen molar-refractivity contribution >= 4 is 17.8 Å². The third-order valence-corrected chi connectivity index (χ3v) is 3.95. The lowest BCUT2D eigenvalue weighted by atomic mass is 9.98. The quantitative estimate of drug-likeness (QED) is 0.346. The first-order chi connectivity index (χ1) is 12.9. The van der Waals surface area contributed by atoms with Gasteiger partial charge in [-0.25, -0.2) is 4.79 Å². The average molecular weight is 366 g/mol. The minimum Gasteiger partial charge on any atom is -0.494 e. The fourth-order valence-corrected chi connectivity index (χ4v) is 2.80. The van der Waals surface area contributed by atoms with Gasteiger partial charge in [0.25, 0.3) is 0 Å². The van der Waals surface area contributed by atoms with E-state index in [-0.39, 0.29) is 23.3 Å². The lowest BCUT2D eigenvalue weighted by Gasteiger charge is -2.06. The first kappa shape index (κ1) is 20.0. The van der Waals surface area contributed by atoms with Gasteiger partial charge in [0.05, 0.1) is 24.3 Å². The summed E-state index contributed by atoms with van der Waals surface area (Å²) in [5, 5.41) is 9.50. The number of nitrogens with zero attached hydrogens (tertiary/aromatic N) is 1. The summed E-state index contributed by atoms with van der Waals surface area (Å²) in [6.45, 7) is 7.72. The van der Waals surface area contributed by atoms with Crippen LogP contribution in [-0.2, 0) is 4.74 Å². The van der Waals surface area contributed by atoms with E-state index in [0.29, 0.717) is 29.3 Å². The van der Waals surface area contributed by atoms with E-state index in [4.69, 9.17) is 9.47 Å². The van der Waals surface area contributed by atoms with Crippen LogP contribution < -0.4 is 4.74 Å². The van der Waals surface area contributed by atoms with Crippen LogP contribution in [0.15, 0.2) is 29.8 Å². The van der Waals surface area contributed by atoms with Gasteiger partial charge in [-0.3, -0.25) is 4.79 Å². The molecule has 1 aromatic carbocycles. The molecule has 2 aromatic rings. The number of H-pyrrole nitrogens is 1. The van der Waals surface area contributed by atoms with Crippen molar-refractivity contribution < 1.29 is 19.1 Å². The van der Waals surface area contributed by atoms with E-state index < -0.39 is 11.8 Å². The highest BCUT2D eigenvalue weighted by Crippen LogP contribution is 2.24. The molecule has 6 nitrogen and oxygen atoms in total. The van der Waals surface area contributed by atoms with Crippen LogP contribution >= 0.6 is 0 Å². The summed E-state index contributed by atoms with van der Waals surface area (Å²) in [7, 11) is 0. The van der Waals surface area contributed by atoms with Crippen molar-refractivity contribution in [3.8, 4) is 11.8 Å². The number of nitrogens with one attached hydrogen (secondary N) is 1. The van der Waals surface area contributed by atoms with Gasteiger partial charge in [-0.15, -0.1) is 0 Å². The van der Waals surface area contributed by atoms with Gasteiger partial charge in [0, 0.05) is 11.4 Å². The number of nitriles is 1. The van der Waals surface area contributed by atoms with Gasteiger partial charge in [-0.1, -0.05) is 12.1 Å². The Labute approximate surface area is 158 Å². The van der Waals surface area contributed by atoms with Gasteiger partial charge >= 0.3 is 5.97 Å². The highest BCUT2D eigenvalue weighted by atomic mass is 16.5. The number of allylic oxidation sites excluding steroid dienone is 1. The zero-order valence-corrected chi connectivity index (χ0v) is 15.9. The molecule has 0 amide bonds. The second kappa shape index (κ2) is 8.86. The number of ether oxygens (including phenoxy) is 2. The number of Topliss-reactive ketones (excluding diaryl/α,β-unsaturated/α-hetero) is 1. The lowest BCUT2D eigenvalue weighted by molar-refractivity contribution is 0.0523. The molecule has 0 aliphatic rings. The summed E-state index contributed by atoms with van der Waals surface area (Å²) >= 11 is 0. The Balaban J connectivity index is 2.43. The first-order valence-electron chi connectivity index (χ1n) is 8.68. The third kappa shape index (κ3) is 4.45. The number of ketones is 1. The molecular formula is C21H22N2O4. The van der Waals surface area contributed by atoms with Gasteiger partial charge in [-0.2, -0.15) is 5.26 Å². The number of hydrogen-bond acceptors (Lipinski definition) is 5. The van der Waals surface area contributed by atoms with E-state index in [9.17, 15) is 14.9 Å². The van der Waals surface area contributed by atoms with Crippen molar-refractivity contribution in [3.05, 3.63) is 57.9 Å². The molecule has 0 radical (unpaired) electrons.